The summed E-state index contributed by atoms with van der Waals surface area (Å²) in [5.74, 6) is 1.10. The van der Waals surface area contributed by atoms with Crippen molar-refractivity contribution < 1.29 is 14.3 Å². The molecule has 2 aromatic carbocycles. The highest BCUT2D eigenvalue weighted by molar-refractivity contribution is 6.45. The molecule has 0 bridgehead atoms. The SMILES string of the molecule is COc1ccc(C2=C(N3CC(C)CC(C)C3)C(=O)N(c3ccc(N(C)C)cc3)C2=O)cc1. The van der Waals surface area contributed by atoms with Crippen molar-refractivity contribution in [2.24, 2.45) is 11.8 Å². The second-order valence-electron chi connectivity index (χ2n) is 9.16. The highest BCUT2D eigenvalue weighted by Gasteiger charge is 2.43. The Morgan fingerprint density at radius 2 is 1.47 bits per heavy atom. The summed E-state index contributed by atoms with van der Waals surface area (Å²) in [6, 6.07) is 14.9. The van der Waals surface area contributed by atoms with Gasteiger partial charge in [-0.25, -0.2) is 4.90 Å². The van der Waals surface area contributed by atoms with E-state index in [0.29, 0.717) is 34.5 Å². The van der Waals surface area contributed by atoms with Gasteiger partial charge in [0.25, 0.3) is 11.8 Å². The topological polar surface area (TPSA) is 53.1 Å². The molecule has 2 unspecified atom stereocenters. The summed E-state index contributed by atoms with van der Waals surface area (Å²) in [4.78, 5) is 32.8. The van der Waals surface area contributed by atoms with Gasteiger partial charge >= 0.3 is 0 Å². The fourth-order valence-electron chi connectivity index (χ4n) is 4.81. The van der Waals surface area contributed by atoms with Gasteiger partial charge in [-0.1, -0.05) is 26.0 Å². The van der Waals surface area contributed by atoms with Gasteiger partial charge in [0.1, 0.15) is 11.4 Å². The Morgan fingerprint density at radius 3 is 2.00 bits per heavy atom. The fraction of sp³-hybridized carbons (Fsp3) is 0.385. The number of hydrogen-bond acceptors (Lipinski definition) is 5. The number of imide groups is 1. The maximum atomic E-state index is 13.7. The van der Waals surface area contributed by atoms with Crippen LogP contribution in [0.1, 0.15) is 25.8 Å². The molecular weight excluding hydrogens is 402 g/mol. The maximum absolute atomic E-state index is 13.7. The quantitative estimate of drug-likeness (QED) is 0.667. The third kappa shape index (κ3) is 3.97. The van der Waals surface area contributed by atoms with Gasteiger partial charge in [0, 0.05) is 32.9 Å². The van der Waals surface area contributed by atoms with Crippen LogP contribution in [-0.2, 0) is 9.59 Å². The van der Waals surface area contributed by atoms with Crippen molar-refractivity contribution in [2.75, 3.05) is 44.1 Å². The van der Waals surface area contributed by atoms with Crippen LogP contribution in [-0.4, -0.2) is 51.0 Å². The number of benzene rings is 2. The van der Waals surface area contributed by atoms with Crippen molar-refractivity contribution in [1.29, 1.82) is 0 Å². The summed E-state index contributed by atoms with van der Waals surface area (Å²) in [6.07, 6.45) is 1.12. The first kappa shape index (κ1) is 21.9. The Labute approximate surface area is 190 Å². The van der Waals surface area contributed by atoms with Gasteiger partial charge in [-0.3, -0.25) is 9.59 Å². The molecule has 168 valence electrons. The van der Waals surface area contributed by atoms with Gasteiger partial charge < -0.3 is 14.5 Å². The average Bonchev–Trinajstić information content (AvgIpc) is 3.03. The standard InChI is InChI=1S/C26H31N3O3/c1-17-14-18(2)16-28(15-17)24-23(19-6-12-22(32-5)13-7-19)25(30)29(26(24)31)21-10-8-20(9-11-21)27(3)4/h6-13,17-18H,14-16H2,1-5H3. The lowest BCUT2D eigenvalue weighted by Crippen LogP contribution is -2.42. The summed E-state index contributed by atoms with van der Waals surface area (Å²) >= 11 is 0. The van der Waals surface area contributed by atoms with Crippen LogP contribution in [0.2, 0.25) is 0 Å². The minimum Gasteiger partial charge on any atom is -0.497 e. The van der Waals surface area contributed by atoms with E-state index in [1.165, 1.54) is 4.90 Å². The molecule has 32 heavy (non-hydrogen) atoms. The predicted molar refractivity (Wildman–Crippen MR) is 128 cm³/mol. The molecule has 1 fully saturated rings. The van der Waals surface area contributed by atoms with Crippen molar-refractivity contribution >= 4 is 28.8 Å². The lowest BCUT2D eigenvalue weighted by molar-refractivity contribution is -0.120. The minimum absolute atomic E-state index is 0.250. The Bertz CT molecular complexity index is 1030. The highest BCUT2D eigenvalue weighted by Crippen LogP contribution is 2.38. The van der Waals surface area contributed by atoms with Gasteiger partial charge in [0.15, 0.2) is 0 Å². The zero-order valence-corrected chi connectivity index (χ0v) is 19.5. The number of methoxy groups -OCH3 is 1. The zero-order valence-electron chi connectivity index (χ0n) is 19.5. The Morgan fingerprint density at radius 1 is 0.875 bits per heavy atom. The van der Waals surface area contributed by atoms with Gasteiger partial charge in [-0.05, 0) is 60.2 Å². The number of anilines is 2. The summed E-state index contributed by atoms with van der Waals surface area (Å²) < 4.78 is 5.28. The van der Waals surface area contributed by atoms with E-state index in [2.05, 4.69) is 18.7 Å². The molecule has 2 aliphatic heterocycles. The normalized spacial score (nSPS) is 21.4. The van der Waals surface area contributed by atoms with Crippen molar-refractivity contribution in [3.8, 4) is 5.75 Å². The summed E-state index contributed by atoms with van der Waals surface area (Å²) in [7, 11) is 5.53. The summed E-state index contributed by atoms with van der Waals surface area (Å²) in [6.45, 7) is 5.95. The Kier molecular flexibility index (Phi) is 5.96. The molecule has 2 aliphatic rings. The monoisotopic (exact) mass is 433 g/mol. The van der Waals surface area contributed by atoms with Gasteiger partial charge in [-0.15, -0.1) is 0 Å². The van der Waals surface area contributed by atoms with E-state index in [1.807, 2.05) is 67.5 Å². The molecule has 2 atom stereocenters. The van der Waals surface area contributed by atoms with Crippen LogP contribution in [0.15, 0.2) is 54.2 Å². The molecule has 6 nitrogen and oxygen atoms in total. The zero-order chi connectivity index (χ0) is 23.0. The molecule has 2 heterocycles. The molecule has 2 amide bonds. The largest absolute Gasteiger partial charge is 0.497 e. The number of carbonyl (C=O) groups excluding carboxylic acids is 2. The lowest BCUT2D eigenvalue weighted by Gasteiger charge is -2.37. The fourth-order valence-corrected chi connectivity index (χ4v) is 4.81. The van der Waals surface area contributed by atoms with E-state index in [-0.39, 0.29) is 11.8 Å². The van der Waals surface area contributed by atoms with E-state index in [4.69, 9.17) is 4.74 Å². The van der Waals surface area contributed by atoms with Crippen LogP contribution < -0.4 is 14.5 Å². The molecule has 0 aliphatic carbocycles. The number of hydrogen-bond donors (Lipinski definition) is 0. The lowest BCUT2D eigenvalue weighted by atomic mass is 9.91. The number of piperidine rings is 1. The van der Waals surface area contributed by atoms with Crippen LogP contribution in [0.4, 0.5) is 11.4 Å². The molecular formula is C26H31N3O3. The number of amides is 2. The Hall–Kier alpha value is -3.28. The highest BCUT2D eigenvalue weighted by atomic mass is 16.5. The molecule has 2 aromatic rings. The smallest absolute Gasteiger partial charge is 0.282 e. The van der Waals surface area contributed by atoms with Crippen LogP contribution in [0.25, 0.3) is 5.57 Å². The maximum Gasteiger partial charge on any atom is 0.282 e. The van der Waals surface area contributed by atoms with Crippen LogP contribution in [0, 0.1) is 11.8 Å². The second kappa shape index (κ2) is 8.69. The number of carbonyl (C=O) groups is 2. The van der Waals surface area contributed by atoms with E-state index >= 15 is 0 Å². The van der Waals surface area contributed by atoms with E-state index < -0.39 is 0 Å². The van der Waals surface area contributed by atoms with Crippen molar-refractivity contribution in [1.82, 2.24) is 4.90 Å². The van der Waals surface area contributed by atoms with Gasteiger partial charge in [0.05, 0.1) is 18.4 Å². The molecule has 0 aromatic heterocycles. The summed E-state index contributed by atoms with van der Waals surface area (Å²) in [5.41, 5.74) is 3.31. The molecule has 0 N–H and O–H groups in total. The first-order valence-corrected chi connectivity index (χ1v) is 11.1. The Balaban J connectivity index is 1.78. The molecule has 4 rings (SSSR count). The van der Waals surface area contributed by atoms with Crippen molar-refractivity contribution in [3.05, 3.63) is 59.8 Å². The predicted octanol–water partition coefficient (Wildman–Crippen LogP) is 4.02. The van der Waals surface area contributed by atoms with Crippen molar-refractivity contribution in [2.45, 2.75) is 20.3 Å². The first-order chi connectivity index (χ1) is 15.3. The van der Waals surface area contributed by atoms with Crippen LogP contribution in [0.5, 0.6) is 5.75 Å². The number of ether oxygens (including phenoxy) is 1. The number of rotatable bonds is 5. The third-order valence-electron chi connectivity index (χ3n) is 6.25. The van der Waals surface area contributed by atoms with E-state index in [0.717, 1.165) is 30.8 Å². The molecule has 6 heteroatoms. The van der Waals surface area contributed by atoms with E-state index in [9.17, 15) is 9.59 Å². The van der Waals surface area contributed by atoms with Gasteiger partial charge in [-0.2, -0.15) is 0 Å². The third-order valence-corrected chi connectivity index (χ3v) is 6.25. The summed E-state index contributed by atoms with van der Waals surface area (Å²) in [5, 5.41) is 0. The molecule has 0 saturated carbocycles. The average molecular weight is 434 g/mol. The van der Waals surface area contributed by atoms with E-state index in [1.54, 1.807) is 7.11 Å². The first-order valence-electron chi connectivity index (χ1n) is 11.1. The number of nitrogens with zero attached hydrogens (tertiary/aromatic N) is 3. The van der Waals surface area contributed by atoms with Crippen LogP contribution >= 0.6 is 0 Å². The number of likely N-dealkylation sites (tertiary alicyclic amines) is 1. The molecule has 0 spiro atoms. The van der Waals surface area contributed by atoms with Gasteiger partial charge in [0.2, 0.25) is 0 Å². The molecule has 1 saturated heterocycles. The molecule has 0 radical (unpaired) electrons. The van der Waals surface area contributed by atoms with Crippen molar-refractivity contribution in [3.63, 3.8) is 0 Å². The second-order valence-corrected chi connectivity index (χ2v) is 9.16. The van der Waals surface area contributed by atoms with Crippen LogP contribution in [0.3, 0.4) is 0 Å². The minimum atomic E-state index is -0.279.